The van der Waals surface area contributed by atoms with Gasteiger partial charge in [0.15, 0.2) is 11.5 Å². The second kappa shape index (κ2) is 12.0. The van der Waals surface area contributed by atoms with Crippen molar-refractivity contribution in [3.8, 4) is 11.5 Å². The summed E-state index contributed by atoms with van der Waals surface area (Å²) < 4.78 is 23.1. The van der Waals surface area contributed by atoms with Gasteiger partial charge in [-0.3, -0.25) is 9.36 Å². The Morgan fingerprint density at radius 1 is 1.00 bits per heavy atom. The summed E-state index contributed by atoms with van der Waals surface area (Å²) in [7, 11) is 2.88. The fourth-order valence-electron chi connectivity index (χ4n) is 3.33. The Bertz CT molecular complexity index is 1370. The zero-order valence-electron chi connectivity index (χ0n) is 20.0. The number of hydrogen-bond acceptors (Lipinski definition) is 8. The highest BCUT2D eigenvalue weighted by atomic mass is 32.1. The van der Waals surface area contributed by atoms with Crippen molar-refractivity contribution in [2.75, 3.05) is 27.4 Å². The number of aromatic nitrogens is 1. The first-order valence-corrected chi connectivity index (χ1v) is 11.8. The third-order valence-corrected chi connectivity index (χ3v) is 6.03. The van der Waals surface area contributed by atoms with Crippen molar-refractivity contribution in [2.45, 2.75) is 20.4 Å². The molecule has 0 aliphatic heterocycles. The summed E-state index contributed by atoms with van der Waals surface area (Å²) in [5, 5.41) is 0. The number of carbonyl (C=O) groups excluding carboxylic acids is 2. The van der Waals surface area contributed by atoms with Gasteiger partial charge in [0.05, 0.1) is 50.1 Å². The zero-order valence-corrected chi connectivity index (χ0v) is 20.8. The number of thiazole rings is 1. The minimum Gasteiger partial charge on any atom is -0.493 e. The third kappa shape index (κ3) is 6.39. The van der Waals surface area contributed by atoms with Gasteiger partial charge in [0.25, 0.3) is 5.56 Å². The summed E-state index contributed by atoms with van der Waals surface area (Å²) in [4.78, 5) is 37.2. The van der Waals surface area contributed by atoms with Gasteiger partial charge in [0.2, 0.25) is 0 Å². The van der Waals surface area contributed by atoms with E-state index >= 15 is 0 Å². The van der Waals surface area contributed by atoms with Gasteiger partial charge >= 0.3 is 11.9 Å². The zero-order chi connectivity index (χ0) is 25.4. The van der Waals surface area contributed by atoms with E-state index in [-0.39, 0.29) is 18.7 Å². The molecule has 0 saturated heterocycles. The van der Waals surface area contributed by atoms with Gasteiger partial charge in [0, 0.05) is 0 Å². The SMILES string of the molecule is CCOC(=O)/C=c1\s/c(=C\c2ccc(OC)c(OCC)c2)c(=O)n1Cc1ccc(C(=O)OC)cc1. The summed E-state index contributed by atoms with van der Waals surface area (Å²) >= 11 is 1.19. The van der Waals surface area contributed by atoms with Crippen LogP contribution in [0.1, 0.15) is 35.3 Å². The maximum Gasteiger partial charge on any atom is 0.337 e. The predicted octanol–water partition coefficient (Wildman–Crippen LogP) is 2.32. The average Bonchev–Trinajstić information content (AvgIpc) is 3.13. The Morgan fingerprint density at radius 3 is 2.37 bits per heavy atom. The Hall–Kier alpha value is -3.85. The largest absolute Gasteiger partial charge is 0.493 e. The van der Waals surface area contributed by atoms with Crippen LogP contribution in [0.15, 0.2) is 47.3 Å². The van der Waals surface area contributed by atoms with Crippen molar-refractivity contribution >= 4 is 35.4 Å². The number of rotatable bonds is 9. The number of hydrogen-bond donors (Lipinski definition) is 0. The van der Waals surface area contributed by atoms with Crippen LogP contribution in [0.25, 0.3) is 12.2 Å². The van der Waals surface area contributed by atoms with Crippen molar-refractivity contribution in [3.05, 3.63) is 78.7 Å². The molecule has 35 heavy (non-hydrogen) atoms. The van der Waals surface area contributed by atoms with Crippen molar-refractivity contribution in [1.29, 1.82) is 0 Å². The summed E-state index contributed by atoms with van der Waals surface area (Å²) in [6.07, 6.45) is 3.06. The van der Waals surface area contributed by atoms with Crippen molar-refractivity contribution in [3.63, 3.8) is 0 Å². The Morgan fingerprint density at radius 2 is 1.74 bits per heavy atom. The van der Waals surface area contributed by atoms with Crippen LogP contribution in [0.5, 0.6) is 11.5 Å². The average molecular weight is 498 g/mol. The minimum atomic E-state index is -0.529. The molecule has 0 N–H and O–H groups in total. The molecule has 3 aromatic rings. The molecular formula is C26H27NO7S. The van der Waals surface area contributed by atoms with E-state index < -0.39 is 11.9 Å². The molecule has 0 fully saturated rings. The van der Waals surface area contributed by atoms with E-state index in [9.17, 15) is 14.4 Å². The molecule has 0 bridgehead atoms. The molecule has 184 valence electrons. The molecular weight excluding hydrogens is 470 g/mol. The molecule has 0 saturated carbocycles. The quantitative estimate of drug-likeness (QED) is 0.419. The monoisotopic (exact) mass is 497 g/mol. The lowest BCUT2D eigenvalue weighted by Gasteiger charge is -2.09. The molecule has 2 aromatic carbocycles. The van der Waals surface area contributed by atoms with Crippen LogP contribution in [-0.4, -0.2) is 43.9 Å². The van der Waals surface area contributed by atoms with Gasteiger partial charge in [-0.15, -0.1) is 11.3 Å². The molecule has 8 nitrogen and oxygen atoms in total. The van der Waals surface area contributed by atoms with Gasteiger partial charge in [-0.2, -0.15) is 0 Å². The smallest absolute Gasteiger partial charge is 0.337 e. The van der Waals surface area contributed by atoms with E-state index in [4.69, 9.17) is 18.9 Å². The molecule has 1 aromatic heterocycles. The summed E-state index contributed by atoms with van der Waals surface area (Å²) in [6, 6.07) is 12.1. The first-order valence-electron chi connectivity index (χ1n) is 11.0. The Balaban J connectivity index is 2.08. The van der Waals surface area contributed by atoms with Gasteiger partial charge in [0.1, 0.15) is 4.66 Å². The Labute approximate surface area is 206 Å². The van der Waals surface area contributed by atoms with Crippen LogP contribution in [0.2, 0.25) is 0 Å². The highest BCUT2D eigenvalue weighted by molar-refractivity contribution is 7.07. The van der Waals surface area contributed by atoms with Crippen LogP contribution >= 0.6 is 11.3 Å². The van der Waals surface area contributed by atoms with Gasteiger partial charge < -0.3 is 18.9 Å². The van der Waals surface area contributed by atoms with Crippen molar-refractivity contribution in [2.24, 2.45) is 0 Å². The molecule has 0 unspecified atom stereocenters. The number of benzene rings is 2. The molecule has 0 radical (unpaired) electrons. The molecule has 3 rings (SSSR count). The highest BCUT2D eigenvalue weighted by Crippen LogP contribution is 2.28. The fraction of sp³-hybridized carbons (Fsp3) is 0.269. The number of methoxy groups -OCH3 is 2. The topological polar surface area (TPSA) is 93.1 Å². The van der Waals surface area contributed by atoms with Crippen LogP contribution in [0, 0.1) is 0 Å². The first kappa shape index (κ1) is 25.8. The summed E-state index contributed by atoms with van der Waals surface area (Å²) in [5.74, 6) is 0.200. The van der Waals surface area contributed by atoms with Crippen molar-refractivity contribution in [1.82, 2.24) is 4.57 Å². The Kier molecular flexibility index (Phi) is 8.86. The summed E-state index contributed by atoms with van der Waals surface area (Å²) in [5.41, 5.74) is 1.69. The van der Waals surface area contributed by atoms with Crippen molar-refractivity contribution < 1.29 is 28.5 Å². The fourth-order valence-corrected chi connectivity index (χ4v) is 4.36. The van der Waals surface area contributed by atoms with Crippen LogP contribution < -0.4 is 24.2 Å². The van der Waals surface area contributed by atoms with Crippen LogP contribution in [-0.2, 0) is 20.8 Å². The molecule has 0 atom stereocenters. The minimum absolute atomic E-state index is 0.211. The van der Waals surface area contributed by atoms with Crippen LogP contribution in [0.3, 0.4) is 0 Å². The highest BCUT2D eigenvalue weighted by Gasteiger charge is 2.11. The molecule has 0 spiro atoms. The van der Waals surface area contributed by atoms with E-state index in [1.165, 1.54) is 29.1 Å². The lowest BCUT2D eigenvalue weighted by atomic mass is 10.1. The molecule has 9 heteroatoms. The second-order valence-electron chi connectivity index (χ2n) is 7.27. The number of carbonyl (C=O) groups is 2. The second-order valence-corrected chi connectivity index (χ2v) is 8.33. The standard InChI is InChI=1S/C26H27NO7S/c1-5-33-21-13-18(9-12-20(21)31-3)14-22-25(29)27(23(35-22)15-24(28)34-6-2)16-17-7-10-19(11-8-17)26(30)32-4/h7-15H,5-6,16H2,1-4H3/b22-14-,23-15-. The number of esters is 2. The van der Waals surface area contributed by atoms with E-state index in [0.29, 0.717) is 32.9 Å². The van der Waals surface area contributed by atoms with Crippen LogP contribution in [0.4, 0.5) is 0 Å². The summed E-state index contributed by atoms with van der Waals surface area (Å²) in [6.45, 7) is 4.50. The first-order chi connectivity index (χ1) is 16.9. The molecule has 1 heterocycles. The number of nitrogens with zero attached hydrogens (tertiary/aromatic N) is 1. The number of ether oxygens (including phenoxy) is 4. The maximum atomic E-state index is 13.3. The molecule has 0 amide bonds. The maximum absolute atomic E-state index is 13.3. The lowest BCUT2D eigenvalue weighted by Crippen LogP contribution is -2.32. The van der Waals surface area contributed by atoms with E-state index in [1.807, 2.05) is 13.0 Å². The van der Waals surface area contributed by atoms with E-state index in [0.717, 1.165) is 11.1 Å². The van der Waals surface area contributed by atoms with Gasteiger partial charge in [-0.05, 0) is 55.3 Å². The normalized spacial score (nSPS) is 11.9. The molecule has 0 aliphatic rings. The van der Waals surface area contributed by atoms with Gasteiger partial charge in [-0.1, -0.05) is 18.2 Å². The lowest BCUT2D eigenvalue weighted by molar-refractivity contribution is -0.135. The van der Waals surface area contributed by atoms with E-state index in [2.05, 4.69) is 0 Å². The van der Waals surface area contributed by atoms with E-state index in [1.54, 1.807) is 56.5 Å². The predicted molar refractivity (Wildman–Crippen MR) is 134 cm³/mol. The third-order valence-electron chi connectivity index (χ3n) is 4.97. The molecule has 0 aliphatic carbocycles. The van der Waals surface area contributed by atoms with Gasteiger partial charge in [-0.25, -0.2) is 9.59 Å².